The summed E-state index contributed by atoms with van der Waals surface area (Å²) >= 11 is 3.36. The summed E-state index contributed by atoms with van der Waals surface area (Å²) in [6, 6.07) is 17.0. The van der Waals surface area contributed by atoms with Crippen LogP contribution in [-0.4, -0.2) is 5.97 Å². The van der Waals surface area contributed by atoms with Gasteiger partial charge in [-0.05, 0) is 29.3 Å². The second-order valence-electron chi connectivity index (χ2n) is 3.94. The van der Waals surface area contributed by atoms with E-state index in [4.69, 9.17) is 4.74 Å². The van der Waals surface area contributed by atoms with Crippen molar-refractivity contribution in [3.8, 4) is 5.75 Å². The van der Waals surface area contributed by atoms with Gasteiger partial charge in [-0.1, -0.05) is 58.4 Å². The maximum atomic E-state index is 11.6. The van der Waals surface area contributed by atoms with Gasteiger partial charge in [0.25, 0.3) is 0 Å². The molecule has 2 aromatic carbocycles. The van der Waals surface area contributed by atoms with E-state index in [9.17, 15) is 4.79 Å². The molecule has 0 radical (unpaired) electrons. The number of ether oxygens (including phenoxy) is 1. The van der Waals surface area contributed by atoms with Crippen molar-refractivity contribution in [1.82, 2.24) is 0 Å². The van der Waals surface area contributed by atoms with E-state index in [1.807, 2.05) is 42.5 Å². The maximum absolute atomic E-state index is 11.6. The van der Waals surface area contributed by atoms with Crippen LogP contribution in [0.4, 0.5) is 0 Å². The van der Waals surface area contributed by atoms with Crippen LogP contribution >= 0.6 is 15.9 Å². The van der Waals surface area contributed by atoms with Crippen molar-refractivity contribution in [2.24, 2.45) is 0 Å². The molecule has 0 heterocycles. The van der Waals surface area contributed by atoms with Crippen molar-refractivity contribution in [2.45, 2.75) is 5.33 Å². The molecule has 0 aromatic heterocycles. The Kier molecular flexibility index (Phi) is 4.93. The molecule has 0 fully saturated rings. The van der Waals surface area contributed by atoms with Gasteiger partial charge in [-0.15, -0.1) is 0 Å². The molecule has 2 nitrogen and oxygen atoms in total. The summed E-state index contributed by atoms with van der Waals surface area (Å²) in [4.78, 5) is 11.6. The highest BCUT2D eigenvalue weighted by atomic mass is 79.9. The van der Waals surface area contributed by atoms with Crippen molar-refractivity contribution in [2.75, 3.05) is 0 Å². The molecule has 96 valence electrons. The summed E-state index contributed by atoms with van der Waals surface area (Å²) in [7, 11) is 0. The number of carbonyl (C=O) groups is 1. The number of carbonyl (C=O) groups excluding carboxylic acids is 1. The molecular weight excluding hydrogens is 304 g/mol. The molecule has 19 heavy (non-hydrogen) atoms. The van der Waals surface area contributed by atoms with Crippen LogP contribution < -0.4 is 4.74 Å². The highest BCUT2D eigenvalue weighted by Crippen LogP contribution is 2.14. The van der Waals surface area contributed by atoms with Gasteiger partial charge >= 0.3 is 5.97 Å². The van der Waals surface area contributed by atoms with Gasteiger partial charge in [-0.25, -0.2) is 4.79 Å². The van der Waals surface area contributed by atoms with Crippen LogP contribution in [0.5, 0.6) is 5.75 Å². The zero-order valence-electron chi connectivity index (χ0n) is 10.3. The van der Waals surface area contributed by atoms with E-state index in [1.165, 1.54) is 6.08 Å². The minimum atomic E-state index is -0.379. The molecule has 0 saturated carbocycles. The predicted molar refractivity (Wildman–Crippen MR) is 80.2 cm³/mol. The number of benzene rings is 2. The fraction of sp³-hybridized carbons (Fsp3) is 0.0625. The number of hydrogen-bond acceptors (Lipinski definition) is 2. The molecular formula is C16H13BrO2. The van der Waals surface area contributed by atoms with Gasteiger partial charge in [0.15, 0.2) is 0 Å². The standard InChI is InChI=1S/C16H13BrO2/c17-12-14-6-9-15(10-7-14)19-16(18)11-8-13-4-2-1-3-5-13/h1-11H,12H2/b11-8+. The first-order valence-corrected chi connectivity index (χ1v) is 7.00. The smallest absolute Gasteiger partial charge is 0.336 e. The number of esters is 1. The Morgan fingerprint density at radius 2 is 1.74 bits per heavy atom. The van der Waals surface area contributed by atoms with E-state index < -0.39 is 0 Å². The number of alkyl halides is 1. The zero-order valence-corrected chi connectivity index (χ0v) is 11.8. The zero-order chi connectivity index (χ0) is 13.5. The minimum Gasteiger partial charge on any atom is -0.423 e. The molecule has 2 aromatic rings. The quantitative estimate of drug-likeness (QED) is 0.366. The van der Waals surface area contributed by atoms with E-state index in [2.05, 4.69) is 15.9 Å². The summed E-state index contributed by atoms with van der Waals surface area (Å²) in [5, 5.41) is 0.787. The second-order valence-corrected chi connectivity index (χ2v) is 4.50. The number of hydrogen-bond donors (Lipinski definition) is 0. The molecule has 0 spiro atoms. The Labute approximate surface area is 120 Å². The molecule has 0 unspecified atom stereocenters. The lowest BCUT2D eigenvalue weighted by Crippen LogP contribution is -2.03. The Balaban J connectivity index is 1.95. The van der Waals surface area contributed by atoms with Crippen LogP contribution in [0, 0.1) is 0 Å². The van der Waals surface area contributed by atoms with Crippen molar-refractivity contribution >= 4 is 28.0 Å². The first kappa shape index (κ1) is 13.6. The third-order valence-corrected chi connectivity index (χ3v) is 3.16. The first-order chi connectivity index (χ1) is 9.28. The maximum Gasteiger partial charge on any atom is 0.336 e. The summed E-state index contributed by atoms with van der Waals surface area (Å²) < 4.78 is 5.19. The summed E-state index contributed by atoms with van der Waals surface area (Å²) in [6.45, 7) is 0. The molecule has 2 rings (SSSR count). The third-order valence-electron chi connectivity index (χ3n) is 2.51. The average Bonchev–Trinajstić information content (AvgIpc) is 2.47. The lowest BCUT2D eigenvalue weighted by molar-refractivity contribution is -0.128. The van der Waals surface area contributed by atoms with Gasteiger partial charge in [0, 0.05) is 11.4 Å². The molecule has 0 atom stereocenters. The van der Waals surface area contributed by atoms with E-state index in [-0.39, 0.29) is 5.97 Å². The molecule has 0 bridgehead atoms. The summed E-state index contributed by atoms with van der Waals surface area (Å²) in [6.07, 6.45) is 3.16. The summed E-state index contributed by atoms with van der Waals surface area (Å²) in [5.41, 5.74) is 2.11. The van der Waals surface area contributed by atoms with E-state index in [0.717, 1.165) is 16.5 Å². The van der Waals surface area contributed by atoms with Crippen molar-refractivity contribution < 1.29 is 9.53 Å². The van der Waals surface area contributed by atoms with Crippen LogP contribution in [0.25, 0.3) is 6.08 Å². The van der Waals surface area contributed by atoms with Gasteiger partial charge in [0.1, 0.15) is 5.75 Å². The highest BCUT2D eigenvalue weighted by Gasteiger charge is 2.00. The molecule has 0 saturated heterocycles. The third kappa shape index (κ3) is 4.38. The minimum absolute atomic E-state index is 0.379. The molecule has 0 aliphatic carbocycles. The second kappa shape index (κ2) is 6.90. The molecule has 0 aliphatic rings. The van der Waals surface area contributed by atoms with Gasteiger partial charge in [-0.2, -0.15) is 0 Å². The predicted octanol–water partition coefficient (Wildman–Crippen LogP) is 4.20. The van der Waals surface area contributed by atoms with Crippen LogP contribution in [-0.2, 0) is 10.1 Å². The monoisotopic (exact) mass is 316 g/mol. The molecule has 0 aliphatic heterocycles. The van der Waals surface area contributed by atoms with Gasteiger partial charge in [0.05, 0.1) is 0 Å². The van der Waals surface area contributed by atoms with Crippen LogP contribution in [0.15, 0.2) is 60.7 Å². The van der Waals surface area contributed by atoms with Gasteiger partial charge in [0.2, 0.25) is 0 Å². The highest BCUT2D eigenvalue weighted by molar-refractivity contribution is 9.08. The Hall–Kier alpha value is -1.87. The topological polar surface area (TPSA) is 26.3 Å². The average molecular weight is 317 g/mol. The van der Waals surface area contributed by atoms with Gasteiger partial charge in [-0.3, -0.25) is 0 Å². The lowest BCUT2D eigenvalue weighted by atomic mass is 10.2. The Morgan fingerprint density at radius 3 is 2.37 bits per heavy atom. The molecule has 0 N–H and O–H groups in total. The van der Waals surface area contributed by atoms with Crippen LogP contribution in [0.3, 0.4) is 0 Å². The fourth-order valence-electron chi connectivity index (χ4n) is 1.53. The largest absolute Gasteiger partial charge is 0.423 e. The number of halogens is 1. The normalized spacial score (nSPS) is 10.6. The Bertz CT molecular complexity index is 559. The fourth-order valence-corrected chi connectivity index (χ4v) is 1.90. The summed E-state index contributed by atoms with van der Waals surface area (Å²) in [5.74, 6) is 0.169. The molecule has 3 heteroatoms. The van der Waals surface area contributed by atoms with Crippen LogP contribution in [0.1, 0.15) is 11.1 Å². The van der Waals surface area contributed by atoms with E-state index >= 15 is 0 Å². The number of rotatable bonds is 4. The van der Waals surface area contributed by atoms with E-state index in [1.54, 1.807) is 18.2 Å². The first-order valence-electron chi connectivity index (χ1n) is 5.88. The molecule has 0 amide bonds. The van der Waals surface area contributed by atoms with Gasteiger partial charge < -0.3 is 4.74 Å². The van der Waals surface area contributed by atoms with Crippen molar-refractivity contribution in [3.05, 3.63) is 71.8 Å². The van der Waals surface area contributed by atoms with Crippen LogP contribution in [0.2, 0.25) is 0 Å². The van der Waals surface area contributed by atoms with Crippen molar-refractivity contribution in [3.63, 3.8) is 0 Å². The Morgan fingerprint density at radius 1 is 1.05 bits per heavy atom. The SMILES string of the molecule is O=C(/C=C/c1ccccc1)Oc1ccc(CBr)cc1. The van der Waals surface area contributed by atoms with E-state index in [0.29, 0.717) is 5.75 Å². The lowest BCUT2D eigenvalue weighted by Gasteiger charge is -2.02. The van der Waals surface area contributed by atoms with Crippen molar-refractivity contribution in [1.29, 1.82) is 0 Å².